The third-order valence-corrected chi connectivity index (χ3v) is 4.33. The normalized spacial score (nSPS) is 15.0. The molecular formula is C15H14Br2N2O2. The Labute approximate surface area is 140 Å². The maximum absolute atomic E-state index is 12.3. The number of nitrogens with zero attached hydrogens (tertiary/aromatic N) is 2. The third kappa shape index (κ3) is 3.66. The van der Waals surface area contributed by atoms with E-state index in [1.807, 2.05) is 18.2 Å². The van der Waals surface area contributed by atoms with Crippen molar-refractivity contribution in [2.45, 2.75) is 12.8 Å². The highest BCUT2D eigenvalue weighted by atomic mass is 79.9. The molecule has 1 amide bonds. The lowest BCUT2D eigenvalue weighted by Crippen LogP contribution is -2.28. The molecule has 2 rings (SSSR count). The van der Waals surface area contributed by atoms with Crippen molar-refractivity contribution in [3.05, 3.63) is 32.2 Å². The molecule has 4 nitrogen and oxygen atoms in total. The number of hydrogen-bond donors (Lipinski definition) is 0. The molecule has 0 saturated carbocycles. The van der Waals surface area contributed by atoms with Gasteiger partial charge in [-0.3, -0.25) is 4.79 Å². The molecule has 6 heteroatoms. The minimum atomic E-state index is -0.215. The van der Waals surface area contributed by atoms with Gasteiger partial charge in [0.25, 0.3) is 5.91 Å². The Morgan fingerprint density at radius 3 is 2.62 bits per heavy atom. The Balaban J connectivity index is 2.40. The number of likely N-dealkylation sites (tertiary alicyclic amines) is 1. The number of benzene rings is 1. The zero-order valence-corrected chi connectivity index (χ0v) is 14.7. The number of nitriles is 1. The Morgan fingerprint density at radius 1 is 1.38 bits per heavy atom. The molecule has 0 spiro atoms. The minimum Gasteiger partial charge on any atom is -0.495 e. The second-order valence-corrected chi connectivity index (χ2v) is 6.45. The molecule has 1 saturated heterocycles. The molecule has 0 bridgehead atoms. The van der Waals surface area contributed by atoms with E-state index >= 15 is 0 Å². The molecule has 0 radical (unpaired) electrons. The van der Waals surface area contributed by atoms with Gasteiger partial charge in [-0.05, 0) is 47.0 Å². The average molecular weight is 414 g/mol. The van der Waals surface area contributed by atoms with Crippen LogP contribution in [0.15, 0.2) is 26.7 Å². The molecule has 1 fully saturated rings. The predicted octanol–water partition coefficient (Wildman–Crippen LogP) is 3.75. The first kappa shape index (κ1) is 16.1. The quantitative estimate of drug-likeness (QED) is 0.560. The zero-order chi connectivity index (χ0) is 15.4. The molecule has 1 aromatic rings. The lowest BCUT2D eigenvalue weighted by atomic mass is 10.1. The molecule has 1 heterocycles. The molecule has 1 aliphatic rings. The summed E-state index contributed by atoms with van der Waals surface area (Å²) >= 11 is 6.81. The van der Waals surface area contributed by atoms with E-state index in [1.54, 1.807) is 18.1 Å². The van der Waals surface area contributed by atoms with Crippen LogP contribution in [0.5, 0.6) is 5.75 Å². The van der Waals surface area contributed by atoms with E-state index < -0.39 is 0 Å². The summed E-state index contributed by atoms with van der Waals surface area (Å²) in [5.41, 5.74) is 0.808. The maximum atomic E-state index is 12.3. The van der Waals surface area contributed by atoms with Crippen LogP contribution in [0.3, 0.4) is 0 Å². The highest BCUT2D eigenvalue weighted by Crippen LogP contribution is 2.34. The Hall–Kier alpha value is -1.32. The van der Waals surface area contributed by atoms with Crippen LogP contribution in [0.4, 0.5) is 0 Å². The number of methoxy groups -OCH3 is 1. The second kappa shape index (κ2) is 7.10. The number of hydrogen-bond acceptors (Lipinski definition) is 3. The van der Waals surface area contributed by atoms with E-state index in [-0.39, 0.29) is 11.5 Å². The maximum Gasteiger partial charge on any atom is 0.264 e. The number of carbonyl (C=O) groups is 1. The average Bonchev–Trinajstić information content (AvgIpc) is 2.97. The number of ether oxygens (including phenoxy) is 1. The number of halogens is 2. The molecular weight excluding hydrogens is 400 g/mol. The van der Waals surface area contributed by atoms with Crippen LogP contribution in [-0.4, -0.2) is 31.0 Å². The van der Waals surface area contributed by atoms with Crippen molar-refractivity contribution in [2.24, 2.45) is 0 Å². The van der Waals surface area contributed by atoms with E-state index in [0.29, 0.717) is 11.3 Å². The van der Waals surface area contributed by atoms with Crippen LogP contribution < -0.4 is 4.74 Å². The van der Waals surface area contributed by atoms with Gasteiger partial charge in [0.05, 0.1) is 11.6 Å². The van der Waals surface area contributed by atoms with E-state index in [2.05, 4.69) is 31.9 Å². The van der Waals surface area contributed by atoms with Crippen molar-refractivity contribution in [1.29, 1.82) is 5.26 Å². The fraction of sp³-hybridized carbons (Fsp3) is 0.333. The Kier molecular flexibility index (Phi) is 5.43. The molecule has 0 aliphatic carbocycles. The summed E-state index contributed by atoms with van der Waals surface area (Å²) in [7, 11) is 1.56. The predicted molar refractivity (Wildman–Crippen MR) is 87.8 cm³/mol. The lowest BCUT2D eigenvalue weighted by molar-refractivity contribution is -0.125. The van der Waals surface area contributed by atoms with Crippen LogP contribution in [0, 0.1) is 11.3 Å². The summed E-state index contributed by atoms with van der Waals surface area (Å²) in [5, 5.41) is 9.29. The molecule has 1 aliphatic heterocycles. The molecule has 0 unspecified atom stereocenters. The third-order valence-electron chi connectivity index (χ3n) is 3.29. The van der Waals surface area contributed by atoms with Gasteiger partial charge in [-0.2, -0.15) is 5.26 Å². The molecule has 110 valence electrons. The van der Waals surface area contributed by atoms with E-state index in [4.69, 9.17) is 4.74 Å². The van der Waals surface area contributed by atoms with Crippen LogP contribution in [0.2, 0.25) is 0 Å². The van der Waals surface area contributed by atoms with E-state index in [1.165, 1.54) is 0 Å². The highest BCUT2D eigenvalue weighted by Gasteiger charge is 2.22. The number of amides is 1. The summed E-state index contributed by atoms with van der Waals surface area (Å²) in [6, 6.07) is 5.67. The van der Waals surface area contributed by atoms with Gasteiger partial charge in [0.15, 0.2) is 0 Å². The molecule has 1 aromatic carbocycles. The number of carbonyl (C=O) groups excluding carboxylic acids is 1. The Morgan fingerprint density at radius 2 is 2.05 bits per heavy atom. The summed E-state index contributed by atoms with van der Waals surface area (Å²) < 4.78 is 6.94. The summed E-state index contributed by atoms with van der Waals surface area (Å²) in [6.07, 6.45) is 3.57. The molecule has 0 atom stereocenters. The van der Waals surface area contributed by atoms with Crippen molar-refractivity contribution in [1.82, 2.24) is 4.90 Å². The van der Waals surface area contributed by atoms with Crippen LogP contribution in [-0.2, 0) is 4.79 Å². The first-order chi connectivity index (χ1) is 10.1. The van der Waals surface area contributed by atoms with Gasteiger partial charge < -0.3 is 9.64 Å². The lowest BCUT2D eigenvalue weighted by Gasteiger charge is -2.14. The van der Waals surface area contributed by atoms with Crippen molar-refractivity contribution < 1.29 is 9.53 Å². The standard InChI is InChI=1S/C15H14Br2N2O2/c1-21-14-10(7-12(16)8-13(14)17)6-11(9-18)15(20)19-4-2-3-5-19/h6-8H,2-5H2,1H3/b11-6+. The van der Waals surface area contributed by atoms with Gasteiger partial charge in [-0.1, -0.05) is 15.9 Å². The monoisotopic (exact) mass is 412 g/mol. The van der Waals surface area contributed by atoms with Gasteiger partial charge in [0, 0.05) is 23.1 Å². The number of rotatable bonds is 3. The summed E-state index contributed by atoms with van der Waals surface area (Å²) in [4.78, 5) is 14.0. The van der Waals surface area contributed by atoms with Gasteiger partial charge in [-0.25, -0.2) is 0 Å². The van der Waals surface area contributed by atoms with Gasteiger partial charge >= 0.3 is 0 Å². The van der Waals surface area contributed by atoms with Gasteiger partial charge in [0.1, 0.15) is 17.4 Å². The van der Waals surface area contributed by atoms with Crippen molar-refractivity contribution >= 4 is 43.8 Å². The van der Waals surface area contributed by atoms with Crippen molar-refractivity contribution in [2.75, 3.05) is 20.2 Å². The Bertz CT molecular complexity index is 629. The molecule has 0 aromatic heterocycles. The fourth-order valence-electron chi connectivity index (χ4n) is 2.29. The first-order valence-corrected chi connectivity index (χ1v) is 8.09. The first-order valence-electron chi connectivity index (χ1n) is 6.51. The van der Waals surface area contributed by atoms with Crippen LogP contribution in [0.1, 0.15) is 18.4 Å². The fourth-order valence-corrected chi connectivity index (χ4v) is 3.71. The highest BCUT2D eigenvalue weighted by molar-refractivity contribution is 9.11. The molecule has 0 N–H and O–H groups in total. The second-order valence-electron chi connectivity index (χ2n) is 4.68. The van der Waals surface area contributed by atoms with E-state index in [0.717, 1.165) is 34.9 Å². The van der Waals surface area contributed by atoms with E-state index in [9.17, 15) is 10.1 Å². The van der Waals surface area contributed by atoms with Crippen molar-refractivity contribution in [3.8, 4) is 11.8 Å². The summed E-state index contributed by atoms with van der Waals surface area (Å²) in [5.74, 6) is 0.383. The topological polar surface area (TPSA) is 53.3 Å². The zero-order valence-electron chi connectivity index (χ0n) is 11.5. The van der Waals surface area contributed by atoms with Gasteiger partial charge in [-0.15, -0.1) is 0 Å². The minimum absolute atomic E-state index is 0.125. The SMILES string of the molecule is COc1c(Br)cc(Br)cc1/C=C(\C#N)C(=O)N1CCCC1. The molecule has 21 heavy (non-hydrogen) atoms. The largest absolute Gasteiger partial charge is 0.495 e. The van der Waals surface area contributed by atoms with Gasteiger partial charge in [0.2, 0.25) is 0 Å². The smallest absolute Gasteiger partial charge is 0.264 e. The van der Waals surface area contributed by atoms with Crippen molar-refractivity contribution in [3.63, 3.8) is 0 Å². The van der Waals surface area contributed by atoms with Crippen LogP contribution >= 0.6 is 31.9 Å². The summed E-state index contributed by atoms with van der Waals surface area (Å²) in [6.45, 7) is 1.44. The van der Waals surface area contributed by atoms with Crippen LogP contribution in [0.25, 0.3) is 6.08 Å².